The summed E-state index contributed by atoms with van der Waals surface area (Å²) in [7, 11) is 0. The fourth-order valence-corrected chi connectivity index (χ4v) is 4.83. The van der Waals surface area contributed by atoms with Gasteiger partial charge in [0.1, 0.15) is 0 Å². The summed E-state index contributed by atoms with van der Waals surface area (Å²) in [5.41, 5.74) is 2.59. The highest BCUT2D eigenvalue weighted by molar-refractivity contribution is 5.99. The van der Waals surface area contributed by atoms with Gasteiger partial charge in [0.2, 0.25) is 11.7 Å². The molecule has 0 saturated carbocycles. The Morgan fingerprint density at radius 3 is 2.59 bits per heavy atom. The topological polar surface area (TPSA) is 79.5 Å². The van der Waals surface area contributed by atoms with Crippen molar-refractivity contribution < 1.29 is 27.3 Å². The zero-order valence-electron chi connectivity index (χ0n) is 18.2. The van der Waals surface area contributed by atoms with Gasteiger partial charge in [-0.15, -0.1) is 0 Å². The summed E-state index contributed by atoms with van der Waals surface area (Å²) < 4.78 is 42.8. The maximum absolute atomic E-state index is 13.4. The van der Waals surface area contributed by atoms with Gasteiger partial charge in [-0.2, -0.15) is 18.2 Å². The van der Waals surface area contributed by atoms with Crippen molar-refractivity contribution in [2.24, 2.45) is 0 Å². The molecule has 5 rings (SSSR count). The maximum Gasteiger partial charge on any atom is 0.471 e. The molecule has 2 atom stereocenters. The van der Waals surface area contributed by atoms with E-state index < -0.39 is 12.1 Å². The van der Waals surface area contributed by atoms with E-state index in [9.17, 15) is 22.8 Å². The van der Waals surface area contributed by atoms with Crippen LogP contribution >= 0.6 is 0 Å². The third kappa shape index (κ3) is 3.93. The van der Waals surface area contributed by atoms with Crippen LogP contribution in [0.25, 0.3) is 11.4 Å². The molecule has 1 saturated heterocycles. The number of benzene rings is 2. The van der Waals surface area contributed by atoms with Crippen LogP contribution in [0.1, 0.15) is 46.6 Å². The molecule has 2 aromatic carbocycles. The summed E-state index contributed by atoms with van der Waals surface area (Å²) in [6.07, 6.45) is -4.01. The first-order valence-corrected chi connectivity index (χ1v) is 10.9. The van der Waals surface area contributed by atoms with Crippen molar-refractivity contribution in [2.45, 2.75) is 38.0 Å². The Balaban J connectivity index is 1.45. The average Bonchev–Trinajstić information content (AvgIpc) is 3.44. The molecule has 3 aromatic rings. The normalized spacial score (nSPS) is 20.5. The number of carbonyl (C=O) groups is 2. The smallest absolute Gasteiger partial charge is 0.341 e. The quantitative estimate of drug-likeness (QED) is 0.576. The molecular weight excluding hydrogens is 449 g/mol. The number of hydrogen-bond donors (Lipinski definition) is 0. The Morgan fingerprint density at radius 2 is 1.91 bits per heavy atom. The van der Waals surface area contributed by atoms with E-state index in [4.69, 9.17) is 0 Å². The molecule has 0 N–H and O–H groups in total. The van der Waals surface area contributed by atoms with E-state index in [-0.39, 0.29) is 36.1 Å². The molecule has 1 aromatic heterocycles. The number of alkyl halides is 3. The monoisotopic (exact) mass is 470 g/mol. The molecule has 7 nitrogen and oxygen atoms in total. The second-order valence-corrected chi connectivity index (χ2v) is 8.56. The van der Waals surface area contributed by atoms with Crippen LogP contribution < -0.4 is 0 Å². The molecule has 2 amide bonds. The summed E-state index contributed by atoms with van der Waals surface area (Å²) in [6.45, 7) is 2.84. The van der Waals surface area contributed by atoms with Gasteiger partial charge in [-0.05, 0) is 29.7 Å². The molecule has 2 aliphatic rings. The lowest BCUT2D eigenvalue weighted by molar-refractivity contribution is -0.159. The number of carbonyl (C=O) groups excluding carboxylic acids is 2. The number of aromatic nitrogens is 2. The highest BCUT2D eigenvalue weighted by atomic mass is 19.4. The largest absolute Gasteiger partial charge is 0.471 e. The van der Waals surface area contributed by atoms with Crippen LogP contribution in [0.15, 0.2) is 53.1 Å². The van der Waals surface area contributed by atoms with Crippen LogP contribution in [0.5, 0.6) is 0 Å². The number of hydrogen-bond acceptors (Lipinski definition) is 5. The van der Waals surface area contributed by atoms with E-state index in [1.165, 1.54) is 13.0 Å². The first kappa shape index (κ1) is 22.1. The van der Waals surface area contributed by atoms with Crippen molar-refractivity contribution >= 4 is 11.8 Å². The van der Waals surface area contributed by atoms with Gasteiger partial charge in [0.15, 0.2) is 0 Å². The SMILES string of the molecule is CC(=O)N1CC[C@@H](c2ccccc2)[C@H](N2Cc3cc(-c4noc(C(F)(F)F)n4)ccc3C2=O)C1. The number of amides is 2. The van der Waals surface area contributed by atoms with Crippen LogP contribution in [0.4, 0.5) is 13.2 Å². The van der Waals surface area contributed by atoms with Gasteiger partial charge in [0.05, 0.1) is 6.04 Å². The van der Waals surface area contributed by atoms with Crippen molar-refractivity contribution in [3.63, 3.8) is 0 Å². The van der Waals surface area contributed by atoms with Gasteiger partial charge in [0.25, 0.3) is 5.91 Å². The van der Waals surface area contributed by atoms with E-state index in [1.54, 1.807) is 21.9 Å². The van der Waals surface area contributed by atoms with Crippen LogP contribution in [0, 0.1) is 0 Å². The van der Waals surface area contributed by atoms with E-state index in [0.29, 0.717) is 29.8 Å². The molecule has 10 heteroatoms. The zero-order chi connectivity index (χ0) is 24.0. The number of rotatable bonds is 3. The van der Waals surface area contributed by atoms with E-state index in [1.807, 2.05) is 30.3 Å². The van der Waals surface area contributed by atoms with Crippen LogP contribution in [0.2, 0.25) is 0 Å². The van der Waals surface area contributed by atoms with Crippen molar-refractivity contribution in [2.75, 3.05) is 13.1 Å². The fourth-order valence-electron chi connectivity index (χ4n) is 4.83. The highest BCUT2D eigenvalue weighted by Crippen LogP contribution is 2.37. The van der Waals surface area contributed by atoms with Crippen LogP contribution in [-0.4, -0.2) is 50.9 Å². The van der Waals surface area contributed by atoms with Crippen LogP contribution in [0.3, 0.4) is 0 Å². The molecule has 0 spiro atoms. The van der Waals surface area contributed by atoms with Gasteiger partial charge in [-0.1, -0.05) is 41.6 Å². The lowest BCUT2D eigenvalue weighted by Gasteiger charge is -2.43. The first-order valence-electron chi connectivity index (χ1n) is 10.9. The van der Waals surface area contributed by atoms with Crippen molar-refractivity contribution in [1.29, 1.82) is 0 Å². The lowest BCUT2D eigenvalue weighted by atomic mass is 9.84. The summed E-state index contributed by atoms with van der Waals surface area (Å²) >= 11 is 0. The van der Waals surface area contributed by atoms with Crippen molar-refractivity contribution in [3.05, 3.63) is 71.1 Å². The molecule has 2 aliphatic heterocycles. The van der Waals surface area contributed by atoms with Gasteiger partial charge in [-0.25, -0.2) is 0 Å². The molecule has 34 heavy (non-hydrogen) atoms. The lowest BCUT2D eigenvalue weighted by Crippen LogP contribution is -2.53. The predicted molar refractivity (Wildman–Crippen MR) is 114 cm³/mol. The Labute approximate surface area is 193 Å². The van der Waals surface area contributed by atoms with Gasteiger partial charge in [0, 0.05) is 43.6 Å². The number of piperidine rings is 1. The maximum atomic E-state index is 13.4. The number of nitrogens with zero attached hydrogens (tertiary/aromatic N) is 4. The third-order valence-electron chi connectivity index (χ3n) is 6.52. The molecule has 0 radical (unpaired) electrons. The van der Waals surface area contributed by atoms with Gasteiger partial charge < -0.3 is 14.3 Å². The molecule has 1 fully saturated rings. The minimum atomic E-state index is -4.73. The minimum absolute atomic E-state index is 0.0412. The second-order valence-electron chi connectivity index (χ2n) is 8.56. The minimum Gasteiger partial charge on any atom is -0.341 e. The van der Waals surface area contributed by atoms with Crippen LogP contribution in [-0.2, 0) is 17.5 Å². The van der Waals surface area contributed by atoms with Crippen molar-refractivity contribution in [1.82, 2.24) is 19.9 Å². The van der Waals surface area contributed by atoms with E-state index in [0.717, 1.165) is 12.0 Å². The third-order valence-corrected chi connectivity index (χ3v) is 6.52. The fraction of sp³-hybridized carbons (Fsp3) is 0.333. The Bertz CT molecular complexity index is 1240. The Kier molecular flexibility index (Phi) is 5.38. The number of fused-ring (bicyclic) bond motifs is 1. The average molecular weight is 470 g/mol. The molecular formula is C24H21F3N4O3. The molecule has 0 aliphatic carbocycles. The Morgan fingerprint density at radius 1 is 1.15 bits per heavy atom. The zero-order valence-corrected chi connectivity index (χ0v) is 18.2. The van der Waals surface area contributed by atoms with Gasteiger partial charge in [-0.3, -0.25) is 9.59 Å². The standard InChI is InChI=1S/C24H21F3N4O3/c1-14(32)30-10-9-18(15-5-3-2-4-6-15)20(13-30)31-12-17-11-16(7-8-19(17)22(31)33)21-28-23(34-29-21)24(25,26)27/h2-8,11,18,20H,9-10,12-13H2,1H3/t18-,20+/m0/s1. The van der Waals surface area contributed by atoms with Gasteiger partial charge >= 0.3 is 12.1 Å². The molecule has 176 valence electrons. The summed E-state index contributed by atoms with van der Waals surface area (Å²) in [5, 5.41) is 3.44. The number of halogens is 3. The predicted octanol–water partition coefficient (Wildman–Crippen LogP) is 4.12. The van der Waals surface area contributed by atoms with E-state index >= 15 is 0 Å². The number of likely N-dealkylation sites (tertiary alicyclic amines) is 1. The summed E-state index contributed by atoms with van der Waals surface area (Å²) in [5.74, 6) is -1.76. The molecule has 3 heterocycles. The van der Waals surface area contributed by atoms with E-state index in [2.05, 4.69) is 14.7 Å². The Hall–Kier alpha value is -3.69. The summed E-state index contributed by atoms with van der Waals surface area (Å²) in [4.78, 5) is 32.4. The molecule has 0 unspecified atom stereocenters. The highest BCUT2D eigenvalue weighted by Gasteiger charge is 2.41. The second kappa shape index (κ2) is 8.27. The molecule has 0 bridgehead atoms. The summed E-state index contributed by atoms with van der Waals surface area (Å²) in [6, 6.07) is 14.4. The van der Waals surface area contributed by atoms with Crippen molar-refractivity contribution in [3.8, 4) is 11.4 Å². The first-order chi connectivity index (χ1) is 16.2.